The van der Waals surface area contributed by atoms with Crippen LogP contribution in [0.3, 0.4) is 0 Å². The van der Waals surface area contributed by atoms with Crippen molar-refractivity contribution in [2.75, 3.05) is 27.7 Å². The van der Waals surface area contributed by atoms with Crippen molar-refractivity contribution in [1.29, 1.82) is 0 Å². The number of methoxy groups -OCH3 is 1. The maximum Gasteiger partial charge on any atom is 0.360 e. The van der Waals surface area contributed by atoms with Crippen molar-refractivity contribution in [1.82, 2.24) is 20.2 Å². The summed E-state index contributed by atoms with van der Waals surface area (Å²) < 4.78 is 17.8. The van der Waals surface area contributed by atoms with Crippen LogP contribution in [0, 0.1) is 5.82 Å². The predicted octanol–water partition coefficient (Wildman–Crippen LogP) is 1.67. The lowest BCUT2D eigenvalue weighted by molar-refractivity contribution is -0.127. The first-order chi connectivity index (χ1) is 15.2. The number of likely N-dealkylation sites (N-methyl/N-ethyl adjacent to an activating group) is 1. The summed E-state index contributed by atoms with van der Waals surface area (Å²) >= 11 is 0. The van der Waals surface area contributed by atoms with Crippen LogP contribution in [0.15, 0.2) is 36.5 Å². The zero-order valence-corrected chi connectivity index (χ0v) is 17.7. The van der Waals surface area contributed by atoms with E-state index in [9.17, 15) is 23.9 Å². The summed E-state index contributed by atoms with van der Waals surface area (Å²) in [7, 11) is 4.20. The summed E-state index contributed by atoms with van der Waals surface area (Å²) in [5, 5.41) is 13.1. The summed E-state index contributed by atoms with van der Waals surface area (Å²) in [6, 6.07) is 7.51. The molecule has 0 bridgehead atoms. The van der Waals surface area contributed by atoms with Crippen molar-refractivity contribution in [2.45, 2.75) is 6.42 Å². The van der Waals surface area contributed by atoms with E-state index in [1.165, 1.54) is 23.2 Å². The highest BCUT2D eigenvalue weighted by molar-refractivity contribution is 6.09. The van der Waals surface area contributed by atoms with Crippen LogP contribution in [0.5, 0.6) is 5.75 Å². The molecule has 2 N–H and O–H groups in total. The van der Waals surface area contributed by atoms with Gasteiger partial charge in [0.2, 0.25) is 5.91 Å². The number of aromatic nitrogens is 2. The van der Waals surface area contributed by atoms with Gasteiger partial charge in [-0.05, 0) is 35.7 Å². The SMILES string of the molecule is COC(=O)c1nc(C(=O)NCC(=O)N(C)C)c2cc(Cc3ccc(F)cc3)cnc2c1O. The molecule has 0 spiro atoms. The molecular weight excluding hydrogens is 419 g/mol. The zero-order chi connectivity index (χ0) is 23.4. The van der Waals surface area contributed by atoms with Gasteiger partial charge in [0, 0.05) is 25.7 Å². The summed E-state index contributed by atoms with van der Waals surface area (Å²) in [6.07, 6.45) is 1.85. The topological polar surface area (TPSA) is 122 Å². The Balaban J connectivity index is 2.07. The molecule has 0 unspecified atom stereocenters. The van der Waals surface area contributed by atoms with E-state index in [4.69, 9.17) is 0 Å². The second-order valence-electron chi connectivity index (χ2n) is 7.16. The molecule has 32 heavy (non-hydrogen) atoms. The molecule has 9 nitrogen and oxygen atoms in total. The molecular formula is C22H21FN4O5. The third-order valence-electron chi connectivity index (χ3n) is 4.69. The fourth-order valence-electron chi connectivity index (χ4n) is 2.96. The van der Waals surface area contributed by atoms with Gasteiger partial charge in [0.25, 0.3) is 5.91 Å². The van der Waals surface area contributed by atoms with Gasteiger partial charge in [-0.1, -0.05) is 12.1 Å². The highest BCUT2D eigenvalue weighted by atomic mass is 19.1. The van der Waals surface area contributed by atoms with Crippen LogP contribution in [0.1, 0.15) is 32.1 Å². The minimum absolute atomic E-state index is 0.0210. The Kier molecular flexibility index (Phi) is 6.62. The molecule has 0 saturated carbocycles. The molecule has 1 aromatic carbocycles. The lowest BCUT2D eigenvalue weighted by Crippen LogP contribution is -2.36. The normalized spacial score (nSPS) is 10.6. The quantitative estimate of drug-likeness (QED) is 0.559. The van der Waals surface area contributed by atoms with E-state index < -0.39 is 23.3 Å². The highest BCUT2D eigenvalue weighted by Crippen LogP contribution is 2.29. The van der Waals surface area contributed by atoms with E-state index in [0.29, 0.717) is 12.0 Å². The largest absolute Gasteiger partial charge is 0.504 e. The number of pyridine rings is 2. The molecule has 0 saturated heterocycles. The van der Waals surface area contributed by atoms with E-state index >= 15 is 0 Å². The number of fused-ring (bicyclic) bond motifs is 1. The number of carbonyl (C=O) groups is 3. The maximum atomic E-state index is 13.2. The van der Waals surface area contributed by atoms with Gasteiger partial charge in [0.15, 0.2) is 11.4 Å². The number of halogens is 1. The first-order valence-electron chi connectivity index (χ1n) is 9.54. The Labute approximate surface area is 182 Å². The van der Waals surface area contributed by atoms with Gasteiger partial charge >= 0.3 is 5.97 Å². The Morgan fingerprint density at radius 2 is 1.81 bits per heavy atom. The molecule has 0 atom stereocenters. The number of nitrogens with zero attached hydrogens (tertiary/aromatic N) is 3. The Morgan fingerprint density at radius 1 is 1.12 bits per heavy atom. The molecule has 2 heterocycles. The molecule has 10 heteroatoms. The van der Waals surface area contributed by atoms with E-state index in [0.717, 1.165) is 12.7 Å². The van der Waals surface area contributed by atoms with Gasteiger partial charge in [-0.25, -0.2) is 14.2 Å². The minimum atomic E-state index is -0.944. The summed E-state index contributed by atoms with van der Waals surface area (Å²) in [5.74, 6) is -2.90. The molecule has 0 aliphatic rings. The van der Waals surface area contributed by atoms with Gasteiger partial charge in [-0.15, -0.1) is 0 Å². The van der Waals surface area contributed by atoms with Crippen LogP contribution in [-0.4, -0.2) is 65.5 Å². The number of carbonyl (C=O) groups excluding carboxylic acids is 3. The standard InChI is InChI=1S/C22H21FN4O5/c1-27(2)16(28)11-25-21(30)18-15-9-13(8-12-4-6-14(23)7-5-12)10-24-17(15)20(29)19(26-18)22(31)32-3/h4-7,9-10,29H,8,11H2,1-3H3,(H,25,30). The Morgan fingerprint density at radius 3 is 2.44 bits per heavy atom. The van der Waals surface area contributed by atoms with Crippen molar-refractivity contribution in [3.05, 3.63) is 64.9 Å². The number of rotatable bonds is 6. The third-order valence-corrected chi connectivity index (χ3v) is 4.69. The van der Waals surface area contributed by atoms with Crippen LogP contribution >= 0.6 is 0 Å². The maximum absolute atomic E-state index is 13.2. The lowest BCUT2D eigenvalue weighted by Gasteiger charge is -2.13. The summed E-state index contributed by atoms with van der Waals surface area (Å²) in [5.41, 5.74) is 0.779. The average molecular weight is 440 g/mol. The molecule has 166 valence electrons. The van der Waals surface area contributed by atoms with Crippen LogP contribution in [-0.2, 0) is 16.0 Å². The Bertz CT molecular complexity index is 1200. The molecule has 3 aromatic rings. The van der Waals surface area contributed by atoms with Crippen molar-refractivity contribution in [2.24, 2.45) is 0 Å². The smallest absolute Gasteiger partial charge is 0.360 e. The number of aromatic hydroxyl groups is 1. The van der Waals surface area contributed by atoms with E-state index in [2.05, 4.69) is 20.0 Å². The third kappa shape index (κ3) is 4.80. The first-order valence-corrected chi connectivity index (χ1v) is 9.54. The molecule has 0 radical (unpaired) electrons. The van der Waals surface area contributed by atoms with Crippen molar-refractivity contribution in [3.8, 4) is 5.75 Å². The number of hydrogen-bond donors (Lipinski definition) is 2. The van der Waals surface area contributed by atoms with Crippen LogP contribution < -0.4 is 5.32 Å². The highest BCUT2D eigenvalue weighted by Gasteiger charge is 2.24. The van der Waals surface area contributed by atoms with Gasteiger partial charge < -0.3 is 20.1 Å². The van der Waals surface area contributed by atoms with E-state index in [1.807, 2.05) is 0 Å². The van der Waals surface area contributed by atoms with Gasteiger partial charge in [0.1, 0.15) is 17.0 Å². The Hall–Kier alpha value is -4.08. The van der Waals surface area contributed by atoms with Crippen molar-refractivity contribution in [3.63, 3.8) is 0 Å². The molecule has 2 aromatic heterocycles. The average Bonchev–Trinajstić information content (AvgIpc) is 2.78. The number of amides is 2. The van der Waals surface area contributed by atoms with Crippen molar-refractivity contribution < 1.29 is 28.6 Å². The number of benzene rings is 1. The fourth-order valence-corrected chi connectivity index (χ4v) is 2.96. The zero-order valence-electron chi connectivity index (χ0n) is 17.7. The summed E-state index contributed by atoms with van der Waals surface area (Å²) in [6.45, 7) is -0.286. The van der Waals surface area contributed by atoms with Crippen molar-refractivity contribution >= 4 is 28.7 Å². The number of nitrogens with one attached hydrogen (secondary N) is 1. The van der Waals surface area contributed by atoms with Gasteiger partial charge in [0.05, 0.1) is 13.7 Å². The number of ether oxygens (including phenoxy) is 1. The molecule has 3 rings (SSSR count). The lowest BCUT2D eigenvalue weighted by atomic mass is 10.0. The number of esters is 1. The second kappa shape index (κ2) is 9.38. The summed E-state index contributed by atoms with van der Waals surface area (Å²) in [4.78, 5) is 46.2. The second-order valence-corrected chi connectivity index (χ2v) is 7.16. The van der Waals surface area contributed by atoms with Gasteiger partial charge in [-0.2, -0.15) is 0 Å². The van der Waals surface area contributed by atoms with Crippen LogP contribution in [0.25, 0.3) is 10.9 Å². The van der Waals surface area contributed by atoms with Gasteiger partial charge in [-0.3, -0.25) is 14.6 Å². The minimum Gasteiger partial charge on any atom is -0.504 e. The van der Waals surface area contributed by atoms with E-state index in [1.54, 1.807) is 32.3 Å². The molecule has 0 fully saturated rings. The molecule has 0 aliphatic heterocycles. The monoisotopic (exact) mass is 440 g/mol. The molecule has 2 amide bonds. The number of hydrogen-bond acceptors (Lipinski definition) is 7. The predicted molar refractivity (Wildman–Crippen MR) is 113 cm³/mol. The van der Waals surface area contributed by atoms with E-state index in [-0.39, 0.29) is 34.9 Å². The molecule has 0 aliphatic carbocycles. The van der Waals surface area contributed by atoms with Crippen LogP contribution in [0.4, 0.5) is 4.39 Å². The first kappa shape index (κ1) is 22.6. The fraction of sp³-hybridized carbons (Fsp3) is 0.227. The van der Waals surface area contributed by atoms with Crippen LogP contribution in [0.2, 0.25) is 0 Å².